The summed E-state index contributed by atoms with van der Waals surface area (Å²) >= 11 is 1.02. The van der Waals surface area contributed by atoms with Gasteiger partial charge in [-0.25, -0.2) is 9.29 Å². The Morgan fingerprint density at radius 1 is 1.56 bits per heavy atom. The molecular formula is C8H14NO5PS. The Hall–Kier alpha value is -0.260. The Kier molecular flexibility index (Phi) is 5.58. The van der Waals surface area contributed by atoms with Gasteiger partial charge >= 0.3 is 7.82 Å². The van der Waals surface area contributed by atoms with Gasteiger partial charge in [-0.2, -0.15) is 0 Å². The smallest absolute Gasteiger partial charge is 0.303 e. The normalized spacial score (nSPS) is 21.6. The molecule has 0 spiro atoms. The van der Waals surface area contributed by atoms with Crippen LogP contribution in [0.4, 0.5) is 0 Å². The van der Waals surface area contributed by atoms with Crippen molar-refractivity contribution in [3.05, 3.63) is 0 Å². The highest BCUT2D eigenvalue weighted by atomic mass is 32.1. The van der Waals surface area contributed by atoms with Crippen LogP contribution in [0.3, 0.4) is 0 Å². The van der Waals surface area contributed by atoms with E-state index in [1.54, 1.807) is 0 Å². The van der Waals surface area contributed by atoms with Gasteiger partial charge in [-0.05, 0) is 24.2 Å². The quantitative estimate of drug-likeness (QED) is 0.306. The van der Waals surface area contributed by atoms with E-state index in [1.807, 2.05) is 0 Å². The van der Waals surface area contributed by atoms with Crippen molar-refractivity contribution in [3.63, 3.8) is 0 Å². The zero-order valence-corrected chi connectivity index (χ0v) is 10.3. The standard InChI is InChI=1S/C8H14NO5PS/c10-8-4-2-1-3-7(8)5-16-9-6-14-15(11,12)13/h7,9H,1-4,6H2,(H2,11,12,13)/t7-/m0/s1. The predicted octanol–water partition coefficient (Wildman–Crippen LogP) is 1.01. The lowest BCUT2D eigenvalue weighted by atomic mass is 9.90. The van der Waals surface area contributed by atoms with Crippen molar-refractivity contribution in [1.82, 2.24) is 4.72 Å². The lowest BCUT2D eigenvalue weighted by Gasteiger charge is -2.14. The molecule has 0 bridgehead atoms. The number of carbonyl (C=O) groups is 1. The second-order valence-corrected chi connectivity index (χ2v) is 5.36. The molecule has 0 radical (unpaired) electrons. The highest BCUT2D eigenvalue weighted by Crippen LogP contribution is 2.34. The molecule has 1 fully saturated rings. The van der Waals surface area contributed by atoms with Crippen LogP contribution in [0.2, 0.25) is 0 Å². The Morgan fingerprint density at radius 3 is 2.94 bits per heavy atom. The van der Waals surface area contributed by atoms with E-state index in [-0.39, 0.29) is 18.4 Å². The van der Waals surface area contributed by atoms with Crippen molar-refractivity contribution >= 4 is 25.0 Å². The van der Waals surface area contributed by atoms with Gasteiger partial charge in [0.05, 0.1) is 5.92 Å². The summed E-state index contributed by atoms with van der Waals surface area (Å²) in [5.74, 6) is -0.00207. The molecule has 0 saturated heterocycles. The molecule has 1 rings (SSSR count). The molecule has 0 aliphatic heterocycles. The van der Waals surface area contributed by atoms with Crippen molar-refractivity contribution < 1.29 is 23.7 Å². The molecule has 1 aliphatic carbocycles. The van der Waals surface area contributed by atoms with Crippen LogP contribution in [0, 0.1) is 11.1 Å². The summed E-state index contributed by atoms with van der Waals surface area (Å²) in [6, 6.07) is 0. The summed E-state index contributed by atoms with van der Waals surface area (Å²) in [5.41, 5.74) is 0. The zero-order chi connectivity index (χ0) is 12.0. The maximum absolute atomic E-state index is 11.4. The summed E-state index contributed by atoms with van der Waals surface area (Å²) in [7, 11) is -4.42. The fourth-order valence-electron chi connectivity index (χ4n) is 1.36. The van der Waals surface area contributed by atoms with Crippen molar-refractivity contribution in [3.8, 4) is 5.18 Å². The molecule has 1 atom stereocenters. The highest BCUT2D eigenvalue weighted by molar-refractivity contribution is 7.86. The largest absolute Gasteiger partial charge is 0.470 e. The molecule has 0 aromatic rings. The van der Waals surface area contributed by atoms with E-state index in [2.05, 4.69) is 14.4 Å². The fraction of sp³-hybridized carbons (Fsp3) is 0.750. The lowest BCUT2D eigenvalue weighted by Crippen LogP contribution is -2.17. The third-order valence-electron chi connectivity index (χ3n) is 2.12. The van der Waals surface area contributed by atoms with E-state index >= 15 is 0 Å². The number of carbonyl (C=O) groups excluding carboxylic acids is 1. The van der Waals surface area contributed by atoms with Crippen molar-refractivity contribution in [1.29, 1.82) is 0 Å². The molecule has 1 saturated carbocycles. The Bertz CT molecular complexity index is 357. The number of phosphoric acid groups is 1. The number of hydrogen-bond acceptors (Lipinski definition) is 4. The highest BCUT2D eigenvalue weighted by Gasteiger charge is 2.19. The van der Waals surface area contributed by atoms with Gasteiger partial charge in [0, 0.05) is 6.42 Å². The maximum atomic E-state index is 11.4. The SMILES string of the molecule is O=C1CCCC[C@H]1C#SNCOP(=O)(O)O. The molecule has 0 unspecified atom stereocenters. The molecule has 3 N–H and O–H groups in total. The first kappa shape index (κ1) is 13.8. The topological polar surface area (TPSA) is 95.9 Å². The second-order valence-electron chi connectivity index (χ2n) is 3.39. The number of Topliss-reactive ketones (excluding diaryl/α,β-unsaturated/α-hetero) is 1. The summed E-state index contributed by atoms with van der Waals surface area (Å²) in [6.07, 6.45) is 3.35. The van der Waals surface area contributed by atoms with Crippen LogP contribution in [0.1, 0.15) is 25.7 Å². The first-order valence-corrected chi connectivity index (χ1v) is 7.21. The van der Waals surface area contributed by atoms with E-state index in [4.69, 9.17) is 9.79 Å². The van der Waals surface area contributed by atoms with Gasteiger partial charge in [-0.3, -0.25) is 9.32 Å². The summed E-state index contributed by atoms with van der Waals surface area (Å²) in [5, 5.41) is 2.88. The molecule has 0 aromatic carbocycles. The maximum Gasteiger partial charge on any atom is 0.470 e. The first-order chi connectivity index (χ1) is 7.49. The van der Waals surface area contributed by atoms with Crippen LogP contribution < -0.4 is 4.72 Å². The number of hydrogen-bond donors (Lipinski definition) is 3. The van der Waals surface area contributed by atoms with Gasteiger partial charge in [-0.15, -0.1) is 0 Å². The Morgan fingerprint density at radius 2 is 2.31 bits per heavy atom. The average Bonchev–Trinajstić information content (AvgIpc) is 2.18. The molecular weight excluding hydrogens is 253 g/mol. The third kappa shape index (κ3) is 5.72. The van der Waals surface area contributed by atoms with Crippen LogP contribution in [-0.2, 0) is 13.9 Å². The number of phosphoric ester groups is 1. The van der Waals surface area contributed by atoms with Crippen molar-refractivity contribution in [2.24, 2.45) is 5.92 Å². The minimum Gasteiger partial charge on any atom is -0.303 e. The Labute approximate surface area is 97.3 Å². The molecule has 0 amide bonds. The van der Waals surface area contributed by atoms with E-state index < -0.39 is 7.82 Å². The van der Waals surface area contributed by atoms with Gasteiger partial charge in [0.1, 0.15) is 12.5 Å². The van der Waals surface area contributed by atoms with Crippen LogP contribution in [0.15, 0.2) is 0 Å². The van der Waals surface area contributed by atoms with Gasteiger partial charge in [0.15, 0.2) is 0 Å². The van der Waals surface area contributed by atoms with E-state index in [0.29, 0.717) is 6.42 Å². The molecule has 1 aliphatic rings. The van der Waals surface area contributed by atoms with E-state index in [9.17, 15) is 9.36 Å². The fourth-order valence-corrected chi connectivity index (χ4v) is 2.27. The van der Waals surface area contributed by atoms with Crippen LogP contribution in [0.5, 0.6) is 0 Å². The summed E-state index contributed by atoms with van der Waals surface area (Å²) in [4.78, 5) is 28.1. The minimum atomic E-state index is -4.42. The van der Waals surface area contributed by atoms with E-state index in [0.717, 1.165) is 30.6 Å². The Balaban J connectivity index is 2.26. The zero-order valence-electron chi connectivity index (χ0n) is 8.59. The number of rotatable bonds is 3. The molecule has 16 heavy (non-hydrogen) atoms. The van der Waals surface area contributed by atoms with Gasteiger partial charge in [-0.1, -0.05) is 11.6 Å². The van der Waals surface area contributed by atoms with Gasteiger partial charge < -0.3 is 9.79 Å². The van der Waals surface area contributed by atoms with E-state index in [1.165, 1.54) is 0 Å². The predicted molar refractivity (Wildman–Crippen MR) is 59.6 cm³/mol. The lowest BCUT2D eigenvalue weighted by molar-refractivity contribution is -0.122. The van der Waals surface area contributed by atoms with Crippen LogP contribution in [0.25, 0.3) is 0 Å². The monoisotopic (exact) mass is 267 g/mol. The second kappa shape index (κ2) is 6.47. The minimum absolute atomic E-state index is 0.177. The molecule has 92 valence electrons. The van der Waals surface area contributed by atoms with Crippen molar-refractivity contribution in [2.45, 2.75) is 25.7 Å². The van der Waals surface area contributed by atoms with Gasteiger partial charge in [0.25, 0.3) is 0 Å². The van der Waals surface area contributed by atoms with Crippen molar-refractivity contribution in [2.75, 3.05) is 6.73 Å². The first-order valence-electron chi connectivity index (χ1n) is 4.86. The van der Waals surface area contributed by atoms with Crippen LogP contribution in [-0.4, -0.2) is 22.3 Å². The third-order valence-corrected chi connectivity index (χ3v) is 3.25. The molecule has 6 nitrogen and oxygen atoms in total. The summed E-state index contributed by atoms with van der Waals surface area (Å²) in [6.45, 7) is -0.289. The van der Waals surface area contributed by atoms with Crippen LogP contribution >= 0.6 is 19.2 Å². The summed E-state index contributed by atoms with van der Waals surface area (Å²) < 4.78 is 17.0. The molecule has 0 aromatic heterocycles. The average molecular weight is 267 g/mol. The van der Waals surface area contributed by atoms with Gasteiger partial charge in [0.2, 0.25) is 0 Å². The number of nitrogens with one attached hydrogen (secondary N) is 1. The molecule has 0 heterocycles. The number of ketones is 1. The molecule has 8 heteroatoms.